The van der Waals surface area contributed by atoms with Crippen molar-refractivity contribution >= 4 is 17.2 Å². The lowest BCUT2D eigenvalue weighted by Crippen LogP contribution is -2.30. The Morgan fingerprint density at radius 2 is 2.17 bits per heavy atom. The number of likely N-dealkylation sites (tertiary alicyclic amines) is 1. The van der Waals surface area contributed by atoms with Crippen LogP contribution in [0.5, 0.6) is 0 Å². The van der Waals surface area contributed by atoms with Crippen molar-refractivity contribution in [1.29, 1.82) is 0 Å². The highest BCUT2D eigenvalue weighted by molar-refractivity contribution is 7.16. The lowest BCUT2D eigenvalue weighted by molar-refractivity contribution is 0.0733. The Morgan fingerprint density at radius 1 is 1.33 bits per heavy atom. The molecule has 0 saturated carbocycles. The number of amides is 1. The van der Waals surface area contributed by atoms with Crippen LogP contribution in [0.2, 0.25) is 0 Å². The average molecular weight is 340 g/mol. The molecule has 4 rings (SSSR count). The van der Waals surface area contributed by atoms with Crippen molar-refractivity contribution in [2.45, 2.75) is 25.8 Å². The fourth-order valence-electron chi connectivity index (χ4n) is 2.96. The summed E-state index contributed by atoms with van der Waals surface area (Å²) in [7, 11) is 0. The van der Waals surface area contributed by atoms with Crippen LogP contribution in [0, 0.1) is 6.92 Å². The summed E-state index contributed by atoms with van der Waals surface area (Å²) in [6.45, 7) is 2.46. The Balaban J connectivity index is 1.58. The van der Waals surface area contributed by atoms with Crippen molar-refractivity contribution in [3.05, 3.63) is 53.1 Å². The van der Waals surface area contributed by atoms with Gasteiger partial charge in [-0.1, -0.05) is 35.5 Å². The first-order valence-electron chi connectivity index (χ1n) is 7.85. The summed E-state index contributed by atoms with van der Waals surface area (Å²) in [6.07, 6.45) is 3.45. The van der Waals surface area contributed by atoms with Crippen molar-refractivity contribution in [2.24, 2.45) is 0 Å². The van der Waals surface area contributed by atoms with E-state index in [1.54, 1.807) is 13.1 Å². The smallest absolute Gasteiger partial charge is 0.266 e. The van der Waals surface area contributed by atoms with Gasteiger partial charge in [0.05, 0.1) is 12.2 Å². The second-order valence-corrected chi connectivity index (χ2v) is 6.75. The lowest BCUT2D eigenvalue weighted by atomic mass is 10.2. The highest BCUT2D eigenvalue weighted by Gasteiger charge is 2.34. The fourth-order valence-corrected chi connectivity index (χ4v) is 3.83. The van der Waals surface area contributed by atoms with Gasteiger partial charge in [-0.15, -0.1) is 11.3 Å². The minimum Gasteiger partial charge on any atom is -0.340 e. The van der Waals surface area contributed by atoms with Crippen LogP contribution in [0.3, 0.4) is 0 Å². The minimum absolute atomic E-state index is 0.0142. The summed E-state index contributed by atoms with van der Waals surface area (Å²) in [5.74, 6) is 1.10. The second kappa shape index (κ2) is 6.16. The minimum atomic E-state index is -0.114. The van der Waals surface area contributed by atoms with Crippen LogP contribution in [0.15, 0.2) is 41.1 Å². The summed E-state index contributed by atoms with van der Waals surface area (Å²) in [5, 5.41) is 4.84. The van der Waals surface area contributed by atoms with E-state index >= 15 is 0 Å². The first-order chi connectivity index (χ1) is 11.7. The zero-order valence-corrected chi connectivity index (χ0v) is 14.0. The van der Waals surface area contributed by atoms with Crippen molar-refractivity contribution in [2.75, 3.05) is 6.54 Å². The first-order valence-corrected chi connectivity index (χ1v) is 8.66. The summed E-state index contributed by atoms with van der Waals surface area (Å²) in [5.41, 5.74) is 1.02. The average Bonchev–Trinajstić information content (AvgIpc) is 3.35. The van der Waals surface area contributed by atoms with Crippen molar-refractivity contribution in [3.63, 3.8) is 0 Å². The molecule has 1 aromatic carbocycles. The number of thiazole rings is 1. The van der Waals surface area contributed by atoms with Crippen molar-refractivity contribution in [1.82, 2.24) is 20.0 Å². The maximum Gasteiger partial charge on any atom is 0.266 e. The quantitative estimate of drug-likeness (QED) is 0.730. The maximum absolute atomic E-state index is 12.9. The van der Waals surface area contributed by atoms with E-state index in [1.165, 1.54) is 11.3 Å². The predicted octanol–water partition coefficient (Wildman–Crippen LogP) is 3.48. The van der Waals surface area contributed by atoms with E-state index in [1.807, 2.05) is 35.2 Å². The lowest BCUT2D eigenvalue weighted by Gasteiger charge is -2.21. The van der Waals surface area contributed by atoms with E-state index < -0.39 is 0 Å². The van der Waals surface area contributed by atoms with Gasteiger partial charge in [0, 0.05) is 19.0 Å². The van der Waals surface area contributed by atoms with E-state index in [-0.39, 0.29) is 11.9 Å². The number of benzene rings is 1. The first kappa shape index (κ1) is 15.0. The van der Waals surface area contributed by atoms with Crippen LogP contribution in [-0.2, 0) is 0 Å². The summed E-state index contributed by atoms with van der Waals surface area (Å²) in [4.78, 5) is 24.0. The fraction of sp³-hybridized carbons (Fsp3) is 0.294. The second-order valence-electron chi connectivity index (χ2n) is 5.72. The summed E-state index contributed by atoms with van der Waals surface area (Å²) < 4.78 is 5.06. The zero-order valence-electron chi connectivity index (χ0n) is 13.2. The molecular weight excluding hydrogens is 324 g/mol. The van der Waals surface area contributed by atoms with Gasteiger partial charge in [0.2, 0.25) is 5.89 Å². The van der Waals surface area contributed by atoms with Gasteiger partial charge in [-0.3, -0.25) is 4.79 Å². The Hall–Kier alpha value is -2.54. The van der Waals surface area contributed by atoms with Crippen LogP contribution in [0.4, 0.5) is 0 Å². The molecule has 0 radical (unpaired) electrons. The molecule has 6 nitrogen and oxygen atoms in total. The van der Waals surface area contributed by atoms with E-state index in [0.29, 0.717) is 23.1 Å². The predicted molar refractivity (Wildman–Crippen MR) is 89.6 cm³/mol. The Labute approximate surface area is 143 Å². The molecular formula is C17H16N4O2S. The molecule has 3 heterocycles. The monoisotopic (exact) mass is 340 g/mol. The van der Waals surface area contributed by atoms with Gasteiger partial charge < -0.3 is 9.42 Å². The molecule has 1 amide bonds. The third-order valence-electron chi connectivity index (χ3n) is 4.09. The van der Waals surface area contributed by atoms with Gasteiger partial charge in [0.15, 0.2) is 5.82 Å². The Kier molecular flexibility index (Phi) is 3.86. The molecule has 1 aliphatic heterocycles. The molecule has 1 unspecified atom stereocenters. The van der Waals surface area contributed by atoms with Gasteiger partial charge in [0.25, 0.3) is 5.91 Å². The number of nitrogens with zero attached hydrogens (tertiary/aromatic N) is 4. The molecule has 0 spiro atoms. The summed E-state index contributed by atoms with van der Waals surface area (Å²) in [6, 6.07) is 9.77. The number of carbonyl (C=O) groups excluding carboxylic acids is 1. The van der Waals surface area contributed by atoms with E-state index in [9.17, 15) is 4.79 Å². The molecule has 7 heteroatoms. The van der Waals surface area contributed by atoms with Crippen molar-refractivity contribution < 1.29 is 9.32 Å². The number of hydrogen-bond donors (Lipinski definition) is 0. The van der Waals surface area contributed by atoms with Crippen LogP contribution in [0.1, 0.15) is 40.3 Å². The molecule has 1 saturated heterocycles. The molecule has 122 valence electrons. The molecule has 0 N–H and O–H groups in total. The van der Waals surface area contributed by atoms with Crippen LogP contribution in [0.25, 0.3) is 10.6 Å². The highest BCUT2D eigenvalue weighted by atomic mass is 32.1. The number of aromatic nitrogens is 3. The summed E-state index contributed by atoms with van der Waals surface area (Å²) >= 11 is 1.42. The number of rotatable bonds is 3. The molecule has 0 bridgehead atoms. The van der Waals surface area contributed by atoms with Gasteiger partial charge in [-0.05, 0) is 12.8 Å². The van der Waals surface area contributed by atoms with Gasteiger partial charge in [0.1, 0.15) is 9.88 Å². The van der Waals surface area contributed by atoms with E-state index in [2.05, 4.69) is 15.1 Å². The van der Waals surface area contributed by atoms with Crippen LogP contribution < -0.4 is 0 Å². The molecule has 1 atom stereocenters. The third kappa shape index (κ3) is 2.71. The maximum atomic E-state index is 12.9. The largest absolute Gasteiger partial charge is 0.340 e. The number of carbonyl (C=O) groups is 1. The number of aryl methyl sites for hydroxylation is 1. The van der Waals surface area contributed by atoms with Crippen LogP contribution >= 0.6 is 11.3 Å². The topological polar surface area (TPSA) is 72.1 Å². The zero-order chi connectivity index (χ0) is 16.5. The van der Waals surface area contributed by atoms with E-state index in [4.69, 9.17) is 4.52 Å². The molecule has 1 fully saturated rings. The van der Waals surface area contributed by atoms with Gasteiger partial charge in [-0.25, -0.2) is 4.98 Å². The Bertz CT molecular complexity index is 858. The molecule has 3 aromatic rings. The molecule has 1 aliphatic rings. The van der Waals surface area contributed by atoms with Gasteiger partial charge in [-0.2, -0.15) is 4.98 Å². The van der Waals surface area contributed by atoms with Gasteiger partial charge >= 0.3 is 0 Å². The van der Waals surface area contributed by atoms with Crippen molar-refractivity contribution in [3.8, 4) is 10.6 Å². The molecule has 0 aliphatic carbocycles. The SMILES string of the molecule is Cc1nc(C2CCCN2C(=O)c2cnc(-c3ccccc3)s2)no1. The Morgan fingerprint density at radius 3 is 2.92 bits per heavy atom. The van der Waals surface area contributed by atoms with E-state index in [0.717, 1.165) is 23.4 Å². The van der Waals surface area contributed by atoms with Crippen LogP contribution in [-0.4, -0.2) is 32.5 Å². The molecule has 24 heavy (non-hydrogen) atoms. The highest BCUT2D eigenvalue weighted by Crippen LogP contribution is 2.33. The molecule has 2 aromatic heterocycles. The standard InChI is InChI=1S/C17H16N4O2S/c1-11-19-15(20-23-11)13-8-5-9-21(13)17(22)14-10-18-16(24-14)12-6-3-2-4-7-12/h2-4,6-7,10,13H,5,8-9H2,1H3. The normalized spacial score (nSPS) is 17.4. The third-order valence-corrected chi connectivity index (χ3v) is 5.13. The number of hydrogen-bond acceptors (Lipinski definition) is 6.